The molecule has 134 valence electrons. The average molecular weight is 331 g/mol. The molecule has 0 aliphatic carbocycles. The van der Waals surface area contributed by atoms with Crippen molar-refractivity contribution in [3.8, 4) is 5.75 Å². The quantitative estimate of drug-likeness (QED) is 0.723. The second-order valence-electron chi connectivity index (χ2n) is 7.84. The molecule has 3 heteroatoms. The standard InChI is InChI=1S/C21H34N2O/c1-5-23(17-21(2,3)4)15-6-16-24-20-9-7-18(8-10-20)19-11-13-22-14-12-19/h7-11,22H,5-6,12-17H2,1-4H3. The van der Waals surface area contributed by atoms with Gasteiger partial charge in [-0.15, -0.1) is 0 Å². The average Bonchev–Trinajstić information content (AvgIpc) is 2.58. The highest BCUT2D eigenvalue weighted by Crippen LogP contribution is 2.22. The van der Waals surface area contributed by atoms with Gasteiger partial charge in [0.15, 0.2) is 0 Å². The van der Waals surface area contributed by atoms with E-state index in [2.05, 4.69) is 68.3 Å². The summed E-state index contributed by atoms with van der Waals surface area (Å²) < 4.78 is 5.91. The monoisotopic (exact) mass is 330 g/mol. The van der Waals surface area contributed by atoms with Crippen molar-refractivity contribution in [2.75, 3.05) is 39.3 Å². The topological polar surface area (TPSA) is 24.5 Å². The summed E-state index contributed by atoms with van der Waals surface area (Å²) >= 11 is 0. The van der Waals surface area contributed by atoms with Crippen LogP contribution in [0.15, 0.2) is 30.3 Å². The Morgan fingerprint density at radius 3 is 2.50 bits per heavy atom. The Balaban J connectivity index is 1.73. The number of hydrogen-bond acceptors (Lipinski definition) is 3. The number of hydrogen-bond donors (Lipinski definition) is 1. The van der Waals surface area contributed by atoms with E-state index in [1.807, 2.05) is 0 Å². The summed E-state index contributed by atoms with van der Waals surface area (Å²) in [6.07, 6.45) is 4.47. The van der Waals surface area contributed by atoms with Gasteiger partial charge in [0.05, 0.1) is 6.61 Å². The summed E-state index contributed by atoms with van der Waals surface area (Å²) in [6, 6.07) is 8.57. The summed E-state index contributed by atoms with van der Waals surface area (Å²) in [4.78, 5) is 2.51. The Hall–Kier alpha value is -1.32. The van der Waals surface area contributed by atoms with Crippen LogP contribution in [0.2, 0.25) is 0 Å². The molecule has 0 bridgehead atoms. The zero-order valence-electron chi connectivity index (χ0n) is 15.9. The van der Waals surface area contributed by atoms with Gasteiger partial charge >= 0.3 is 0 Å². The molecule has 2 rings (SSSR count). The number of rotatable bonds is 8. The van der Waals surface area contributed by atoms with Crippen molar-refractivity contribution in [3.05, 3.63) is 35.9 Å². The van der Waals surface area contributed by atoms with Gasteiger partial charge in [0.25, 0.3) is 0 Å². The SMILES string of the molecule is CCN(CCCOc1ccc(C2=CCNCC2)cc1)CC(C)(C)C. The molecule has 0 unspecified atom stereocenters. The van der Waals surface area contributed by atoms with Gasteiger partial charge in [-0.3, -0.25) is 0 Å². The molecule has 0 amide bonds. The molecule has 0 atom stereocenters. The van der Waals surface area contributed by atoms with Crippen molar-refractivity contribution in [2.24, 2.45) is 5.41 Å². The molecule has 1 aliphatic heterocycles. The second-order valence-corrected chi connectivity index (χ2v) is 7.84. The normalized spacial score (nSPS) is 15.5. The maximum absolute atomic E-state index is 5.91. The maximum atomic E-state index is 5.91. The van der Waals surface area contributed by atoms with Gasteiger partial charge in [-0.1, -0.05) is 45.9 Å². The van der Waals surface area contributed by atoms with E-state index in [-0.39, 0.29) is 0 Å². The number of nitrogens with zero attached hydrogens (tertiary/aromatic N) is 1. The van der Waals surface area contributed by atoms with Crippen molar-refractivity contribution in [1.29, 1.82) is 0 Å². The lowest BCUT2D eigenvalue weighted by Crippen LogP contribution is -2.33. The fourth-order valence-corrected chi connectivity index (χ4v) is 3.15. The molecule has 3 nitrogen and oxygen atoms in total. The number of ether oxygens (including phenoxy) is 1. The third kappa shape index (κ3) is 6.66. The third-order valence-corrected chi connectivity index (χ3v) is 4.32. The van der Waals surface area contributed by atoms with Gasteiger partial charge in [-0.2, -0.15) is 0 Å². The molecule has 0 saturated heterocycles. The molecule has 1 aromatic carbocycles. The minimum Gasteiger partial charge on any atom is -0.494 e. The van der Waals surface area contributed by atoms with Crippen molar-refractivity contribution in [3.63, 3.8) is 0 Å². The van der Waals surface area contributed by atoms with Crippen LogP contribution in [0.3, 0.4) is 0 Å². The molecule has 0 fully saturated rings. The lowest BCUT2D eigenvalue weighted by molar-refractivity contribution is 0.183. The van der Waals surface area contributed by atoms with Crippen molar-refractivity contribution in [2.45, 2.75) is 40.5 Å². The van der Waals surface area contributed by atoms with Gasteiger partial charge in [0.2, 0.25) is 0 Å². The first-order valence-electron chi connectivity index (χ1n) is 9.33. The molecule has 0 radical (unpaired) electrons. The lowest BCUT2D eigenvalue weighted by atomic mass is 9.96. The molecular weight excluding hydrogens is 296 g/mol. The van der Waals surface area contributed by atoms with Crippen LogP contribution in [-0.2, 0) is 0 Å². The Morgan fingerprint density at radius 1 is 1.17 bits per heavy atom. The first-order chi connectivity index (χ1) is 11.5. The largest absolute Gasteiger partial charge is 0.494 e. The zero-order chi connectivity index (χ0) is 17.4. The Kier molecular flexibility index (Phi) is 7.32. The van der Waals surface area contributed by atoms with E-state index in [4.69, 9.17) is 4.74 Å². The number of benzene rings is 1. The van der Waals surface area contributed by atoms with Gasteiger partial charge in [0.1, 0.15) is 5.75 Å². The minimum absolute atomic E-state index is 0.357. The minimum atomic E-state index is 0.357. The van der Waals surface area contributed by atoms with E-state index in [0.29, 0.717) is 5.41 Å². The van der Waals surface area contributed by atoms with Crippen LogP contribution in [0.1, 0.15) is 46.1 Å². The molecule has 0 aromatic heterocycles. The Morgan fingerprint density at radius 2 is 1.92 bits per heavy atom. The first kappa shape index (κ1) is 19.0. The van der Waals surface area contributed by atoms with Crippen LogP contribution >= 0.6 is 0 Å². The highest BCUT2D eigenvalue weighted by Gasteiger charge is 2.14. The van der Waals surface area contributed by atoms with Gasteiger partial charge < -0.3 is 15.0 Å². The van der Waals surface area contributed by atoms with E-state index in [1.54, 1.807) is 0 Å². The Labute approximate surface area is 148 Å². The molecule has 1 heterocycles. The van der Waals surface area contributed by atoms with Gasteiger partial charge in [-0.05, 0) is 54.6 Å². The van der Waals surface area contributed by atoms with Gasteiger partial charge in [-0.25, -0.2) is 0 Å². The second kappa shape index (κ2) is 9.24. The maximum Gasteiger partial charge on any atom is 0.119 e. The van der Waals surface area contributed by atoms with E-state index in [9.17, 15) is 0 Å². The molecule has 0 saturated carbocycles. The number of nitrogens with one attached hydrogen (secondary N) is 1. The molecule has 1 aromatic rings. The van der Waals surface area contributed by atoms with E-state index >= 15 is 0 Å². The molecule has 24 heavy (non-hydrogen) atoms. The predicted molar refractivity (Wildman–Crippen MR) is 104 cm³/mol. The molecule has 1 N–H and O–H groups in total. The highest BCUT2D eigenvalue weighted by atomic mass is 16.5. The lowest BCUT2D eigenvalue weighted by Gasteiger charge is -2.28. The third-order valence-electron chi connectivity index (χ3n) is 4.32. The molecule has 0 spiro atoms. The zero-order valence-corrected chi connectivity index (χ0v) is 15.9. The predicted octanol–water partition coefficient (Wildman–Crippen LogP) is 4.20. The van der Waals surface area contributed by atoms with Crippen LogP contribution in [0.4, 0.5) is 0 Å². The fourth-order valence-electron chi connectivity index (χ4n) is 3.15. The van der Waals surface area contributed by atoms with Crippen molar-refractivity contribution in [1.82, 2.24) is 10.2 Å². The summed E-state index contributed by atoms with van der Waals surface area (Å²) in [5, 5.41) is 3.35. The molecular formula is C21H34N2O. The van der Waals surface area contributed by atoms with Crippen LogP contribution < -0.4 is 10.1 Å². The van der Waals surface area contributed by atoms with E-state index in [1.165, 1.54) is 11.1 Å². The van der Waals surface area contributed by atoms with E-state index in [0.717, 1.165) is 57.9 Å². The summed E-state index contributed by atoms with van der Waals surface area (Å²) in [7, 11) is 0. The summed E-state index contributed by atoms with van der Waals surface area (Å²) in [5.41, 5.74) is 3.13. The first-order valence-corrected chi connectivity index (χ1v) is 9.33. The fraction of sp³-hybridized carbons (Fsp3) is 0.619. The van der Waals surface area contributed by atoms with Crippen LogP contribution in [0, 0.1) is 5.41 Å². The van der Waals surface area contributed by atoms with Crippen LogP contribution in [-0.4, -0.2) is 44.2 Å². The molecule has 1 aliphatic rings. The van der Waals surface area contributed by atoms with E-state index < -0.39 is 0 Å². The van der Waals surface area contributed by atoms with Crippen LogP contribution in [0.5, 0.6) is 5.75 Å². The van der Waals surface area contributed by atoms with Crippen molar-refractivity contribution < 1.29 is 4.74 Å². The van der Waals surface area contributed by atoms with Gasteiger partial charge in [0, 0.05) is 19.6 Å². The smallest absolute Gasteiger partial charge is 0.119 e. The highest BCUT2D eigenvalue weighted by molar-refractivity contribution is 5.67. The van der Waals surface area contributed by atoms with Crippen LogP contribution in [0.25, 0.3) is 5.57 Å². The summed E-state index contributed by atoms with van der Waals surface area (Å²) in [5.74, 6) is 0.979. The van der Waals surface area contributed by atoms with Crippen molar-refractivity contribution >= 4 is 5.57 Å². The Bertz CT molecular complexity index is 514. The summed E-state index contributed by atoms with van der Waals surface area (Å²) in [6.45, 7) is 15.3.